The predicted molar refractivity (Wildman–Crippen MR) is 143 cm³/mol. The van der Waals surface area contributed by atoms with E-state index in [0.717, 1.165) is 5.56 Å². The summed E-state index contributed by atoms with van der Waals surface area (Å²) in [7, 11) is 0. The number of hydrogen-bond donors (Lipinski definition) is 4. The number of amides is 1. The molecule has 4 N–H and O–H groups in total. The molecule has 2 atom stereocenters. The number of halogens is 2. The van der Waals surface area contributed by atoms with Crippen LogP contribution < -0.4 is 5.32 Å². The Hall–Kier alpha value is -3.27. The molecule has 38 heavy (non-hydrogen) atoms. The maximum atomic E-state index is 13.6. The van der Waals surface area contributed by atoms with Crippen molar-refractivity contribution in [1.82, 2.24) is 14.9 Å². The second-order valence-electron chi connectivity index (χ2n) is 9.55. The first-order valence-electron chi connectivity index (χ1n) is 12.5. The molecule has 0 fully saturated rings. The van der Waals surface area contributed by atoms with E-state index in [4.69, 9.17) is 16.7 Å². The number of carbonyl (C=O) groups excluding carboxylic acids is 1. The van der Waals surface area contributed by atoms with Crippen LogP contribution >= 0.6 is 11.6 Å². The normalized spacial score (nSPS) is 12.9. The molecular weight excluding hydrogens is 513 g/mol. The minimum absolute atomic E-state index is 0.0965. The largest absolute Gasteiger partial charge is 0.481 e. The fourth-order valence-electron chi connectivity index (χ4n) is 4.35. The van der Waals surface area contributed by atoms with Gasteiger partial charge in [0.1, 0.15) is 17.3 Å². The lowest BCUT2D eigenvalue weighted by atomic mass is 10.0. The van der Waals surface area contributed by atoms with Crippen molar-refractivity contribution in [2.24, 2.45) is 0 Å². The molecule has 3 aromatic rings. The van der Waals surface area contributed by atoms with Gasteiger partial charge in [0.2, 0.25) is 0 Å². The molecule has 0 aliphatic heterocycles. The van der Waals surface area contributed by atoms with Gasteiger partial charge >= 0.3 is 5.97 Å². The first kappa shape index (κ1) is 29.3. The third-order valence-electron chi connectivity index (χ3n) is 6.10. The number of benzene rings is 2. The molecule has 0 aliphatic rings. The fraction of sp³-hybridized carbons (Fsp3) is 0.393. The number of carbonyl (C=O) groups is 2. The highest BCUT2D eigenvalue weighted by molar-refractivity contribution is 6.30. The Morgan fingerprint density at radius 3 is 2.45 bits per heavy atom. The molecule has 1 heterocycles. The number of aliphatic hydroxyl groups is 2. The van der Waals surface area contributed by atoms with Gasteiger partial charge in [-0.3, -0.25) is 9.59 Å². The highest BCUT2D eigenvalue weighted by Crippen LogP contribution is 2.29. The summed E-state index contributed by atoms with van der Waals surface area (Å²) in [5.74, 6) is -1.56. The standard InChI is InChI=1S/C28H33ClFN3O5/c1-17(2)26-25(28(38)31-12-10-18-4-3-5-20(29)14-18)32-27(19-6-8-21(30)9-7-19)33(26)13-11-22(34)15-23(35)16-24(36)37/h3-9,14,17,22-23,34-35H,10-13,15-16H2,1-2H3,(H,31,38)(H,36,37). The Morgan fingerprint density at radius 2 is 1.82 bits per heavy atom. The van der Waals surface area contributed by atoms with E-state index in [1.165, 1.54) is 12.1 Å². The fourth-order valence-corrected chi connectivity index (χ4v) is 4.57. The van der Waals surface area contributed by atoms with Crippen LogP contribution in [-0.2, 0) is 17.8 Å². The van der Waals surface area contributed by atoms with Gasteiger partial charge in [-0.2, -0.15) is 0 Å². The summed E-state index contributed by atoms with van der Waals surface area (Å²) in [6.07, 6.45) is -1.92. The highest BCUT2D eigenvalue weighted by Gasteiger charge is 2.26. The summed E-state index contributed by atoms with van der Waals surface area (Å²) in [5.41, 5.74) is 2.49. The van der Waals surface area contributed by atoms with Gasteiger partial charge in [-0.15, -0.1) is 0 Å². The maximum Gasteiger partial charge on any atom is 0.305 e. The lowest BCUT2D eigenvalue weighted by Crippen LogP contribution is -2.27. The molecule has 0 spiro atoms. The molecule has 1 aromatic heterocycles. The maximum absolute atomic E-state index is 13.6. The molecule has 0 saturated heterocycles. The summed E-state index contributed by atoms with van der Waals surface area (Å²) in [5, 5.41) is 32.7. The predicted octanol–water partition coefficient (Wildman–Crippen LogP) is 4.42. The van der Waals surface area contributed by atoms with Crippen molar-refractivity contribution in [2.75, 3.05) is 6.54 Å². The van der Waals surface area contributed by atoms with Crippen LogP contribution in [0.25, 0.3) is 11.4 Å². The van der Waals surface area contributed by atoms with Crippen LogP contribution in [0, 0.1) is 5.82 Å². The first-order chi connectivity index (χ1) is 18.0. The minimum atomic E-state index is -1.17. The second-order valence-corrected chi connectivity index (χ2v) is 9.98. The first-order valence-corrected chi connectivity index (χ1v) is 12.9. The number of imidazole rings is 1. The molecule has 8 nitrogen and oxygen atoms in total. The van der Waals surface area contributed by atoms with Gasteiger partial charge in [-0.25, -0.2) is 9.37 Å². The zero-order chi connectivity index (χ0) is 27.8. The van der Waals surface area contributed by atoms with Gasteiger partial charge < -0.3 is 25.2 Å². The van der Waals surface area contributed by atoms with Gasteiger partial charge in [0.25, 0.3) is 5.91 Å². The van der Waals surface area contributed by atoms with Crippen molar-refractivity contribution >= 4 is 23.5 Å². The Bertz CT molecular complexity index is 1250. The van der Waals surface area contributed by atoms with Gasteiger partial charge in [0.05, 0.1) is 24.3 Å². The molecule has 10 heteroatoms. The van der Waals surface area contributed by atoms with Crippen molar-refractivity contribution in [1.29, 1.82) is 0 Å². The number of rotatable bonds is 13. The molecule has 0 bridgehead atoms. The number of carboxylic acid groups (broad SMARTS) is 1. The molecule has 0 saturated carbocycles. The number of aromatic nitrogens is 2. The summed E-state index contributed by atoms with van der Waals surface area (Å²) in [4.78, 5) is 28.7. The summed E-state index contributed by atoms with van der Waals surface area (Å²) >= 11 is 6.05. The van der Waals surface area contributed by atoms with E-state index in [1.807, 2.05) is 36.6 Å². The highest BCUT2D eigenvalue weighted by atomic mass is 35.5. The van der Waals surface area contributed by atoms with Gasteiger partial charge in [0, 0.05) is 23.7 Å². The molecule has 3 rings (SSSR count). The number of aliphatic carboxylic acids is 1. The van der Waals surface area contributed by atoms with Crippen molar-refractivity contribution in [3.8, 4) is 11.4 Å². The van der Waals surface area contributed by atoms with Crippen molar-refractivity contribution < 1.29 is 29.3 Å². The van der Waals surface area contributed by atoms with E-state index >= 15 is 0 Å². The number of aliphatic hydroxyl groups excluding tert-OH is 2. The SMILES string of the molecule is CC(C)c1c(C(=O)NCCc2cccc(Cl)c2)nc(-c2ccc(F)cc2)n1CCC(O)CC(O)CC(=O)O. The monoisotopic (exact) mass is 545 g/mol. The van der Waals surface area contributed by atoms with Crippen LogP contribution in [0.5, 0.6) is 0 Å². The lowest BCUT2D eigenvalue weighted by Gasteiger charge is -2.19. The van der Waals surface area contributed by atoms with Crippen LogP contribution in [0.15, 0.2) is 48.5 Å². The van der Waals surface area contributed by atoms with Crippen LogP contribution in [-0.4, -0.2) is 55.5 Å². The number of carboxylic acids is 1. The molecular formula is C28H33ClFN3O5. The quantitative estimate of drug-likeness (QED) is 0.252. The van der Waals surface area contributed by atoms with Gasteiger partial charge in [0.15, 0.2) is 0 Å². The number of hydrogen-bond acceptors (Lipinski definition) is 5. The average Bonchev–Trinajstić information content (AvgIpc) is 3.22. The molecule has 0 aliphatic carbocycles. The minimum Gasteiger partial charge on any atom is -0.481 e. The van der Waals surface area contributed by atoms with E-state index in [0.29, 0.717) is 35.1 Å². The Morgan fingerprint density at radius 1 is 1.11 bits per heavy atom. The summed E-state index contributed by atoms with van der Waals surface area (Å²) < 4.78 is 15.4. The lowest BCUT2D eigenvalue weighted by molar-refractivity contribution is -0.139. The van der Waals surface area contributed by atoms with Crippen molar-refractivity contribution in [3.63, 3.8) is 0 Å². The van der Waals surface area contributed by atoms with Crippen LogP contribution in [0.3, 0.4) is 0 Å². The van der Waals surface area contributed by atoms with Crippen LogP contribution in [0.2, 0.25) is 5.02 Å². The second kappa shape index (κ2) is 13.5. The Balaban J connectivity index is 1.85. The van der Waals surface area contributed by atoms with Gasteiger partial charge in [-0.1, -0.05) is 37.6 Å². The van der Waals surface area contributed by atoms with E-state index in [2.05, 4.69) is 10.3 Å². The topological polar surface area (TPSA) is 125 Å². The van der Waals surface area contributed by atoms with Crippen LogP contribution in [0.4, 0.5) is 4.39 Å². The average molecular weight is 546 g/mol. The smallest absolute Gasteiger partial charge is 0.305 e. The van der Waals surface area contributed by atoms with Crippen LogP contribution in [0.1, 0.15) is 60.8 Å². The Kier molecular flexibility index (Phi) is 10.4. The zero-order valence-electron chi connectivity index (χ0n) is 21.4. The van der Waals surface area contributed by atoms with E-state index in [1.54, 1.807) is 18.2 Å². The van der Waals surface area contributed by atoms with Crippen molar-refractivity contribution in [2.45, 2.75) is 64.2 Å². The molecule has 204 valence electrons. The van der Waals surface area contributed by atoms with Gasteiger partial charge in [-0.05, 0) is 67.1 Å². The van der Waals surface area contributed by atoms with Crippen molar-refractivity contribution in [3.05, 3.63) is 76.3 Å². The molecule has 2 unspecified atom stereocenters. The van der Waals surface area contributed by atoms with E-state index < -0.39 is 30.4 Å². The molecule has 2 aromatic carbocycles. The summed E-state index contributed by atoms with van der Waals surface area (Å²) in [6, 6.07) is 13.2. The zero-order valence-corrected chi connectivity index (χ0v) is 22.2. The third-order valence-corrected chi connectivity index (χ3v) is 6.33. The molecule has 1 amide bonds. The molecule has 0 radical (unpaired) electrons. The van der Waals surface area contributed by atoms with E-state index in [9.17, 15) is 24.2 Å². The number of nitrogens with zero attached hydrogens (tertiary/aromatic N) is 2. The summed E-state index contributed by atoms with van der Waals surface area (Å²) in [6.45, 7) is 4.48. The third kappa shape index (κ3) is 8.11. The van der Waals surface area contributed by atoms with E-state index in [-0.39, 0.29) is 36.9 Å². The number of nitrogens with one attached hydrogen (secondary N) is 1. The Labute approximate surface area is 226 Å².